The van der Waals surface area contributed by atoms with Crippen LogP contribution in [-0.2, 0) is 20.1 Å². The molecule has 1 unspecified atom stereocenters. The smallest absolute Gasteiger partial charge is 0.311 e. The number of nitrogens with one attached hydrogen (secondary N) is 1. The number of pyridine rings is 1. The van der Waals surface area contributed by atoms with Gasteiger partial charge in [-0.2, -0.15) is 5.26 Å². The molecule has 0 aliphatic carbocycles. The maximum atomic E-state index is 12.9. The molecule has 5 rings (SSSR count). The maximum Gasteiger partial charge on any atom is 0.330 e. The summed E-state index contributed by atoms with van der Waals surface area (Å²) in [6.45, 7) is 9.99. The Bertz CT molecular complexity index is 1290. The Morgan fingerprint density at radius 1 is 1.25 bits per heavy atom. The van der Waals surface area contributed by atoms with Crippen LogP contribution in [0.4, 0.5) is 0 Å². The average Bonchev–Trinajstić information content (AvgIpc) is 3.44. The van der Waals surface area contributed by atoms with Gasteiger partial charge in [0.15, 0.2) is 5.65 Å². The number of fused-ring (bicyclic) bond motifs is 3. The molecule has 0 radical (unpaired) electrons. The summed E-state index contributed by atoms with van der Waals surface area (Å²) in [5.41, 5.74) is 4.72. The number of piperazine rings is 1. The molecule has 166 valence electrons. The Balaban J connectivity index is 1.53. The van der Waals surface area contributed by atoms with Gasteiger partial charge in [-0.1, -0.05) is 26.8 Å². The summed E-state index contributed by atoms with van der Waals surface area (Å²) in [6, 6.07) is 13.5. The maximum absolute atomic E-state index is 12.9. The van der Waals surface area contributed by atoms with E-state index in [1.165, 1.54) is 12.0 Å². The summed E-state index contributed by atoms with van der Waals surface area (Å²) >= 11 is 0. The van der Waals surface area contributed by atoms with Gasteiger partial charge < -0.3 is 5.32 Å². The first-order valence-corrected chi connectivity index (χ1v) is 11.3. The predicted octanol–water partition coefficient (Wildman–Crippen LogP) is 2.87. The van der Waals surface area contributed by atoms with Crippen molar-refractivity contribution in [2.24, 2.45) is 12.5 Å². The third-order valence-electron chi connectivity index (χ3n) is 6.65. The van der Waals surface area contributed by atoms with E-state index in [1.807, 2.05) is 18.2 Å². The van der Waals surface area contributed by atoms with Crippen molar-refractivity contribution >= 4 is 11.2 Å². The van der Waals surface area contributed by atoms with Crippen molar-refractivity contribution < 1.29 is 0 Å². The van der Waals surface area contributed by atoms with Crippen LogP contribution in [0.1, 0.15) is 38.3 Å². The van der Waals surface area contributed by atoms with E-state index < -0.39 is 0 Å². The molecule has 2 fully saturated rings. The summed E-state index contributed by atoms with van der Waals surface area (Å²) in [5, 5.41) is 13.3. The summed E-state index contributed by atoms with van der Waals surface area (Å²) in [5.74, 6) is 0. The van der Waals surface area contributed by atoms with Crippen LogP contribution in [0.25, 0.3) is 22.4 Å². The highest BCUT2D eigenvalue weighted by molar-refractivity contribution is 5.78. The highest BCUT2D eigenvalue weighted by Crippen LogP contribution is 2.29. The fourth-order valence-electron chi connectivity index (χ4n) is 5.12. The Morgan fingerprint density at radius 3 is 2.72 bits per heavy atom. The van der Waals surface area contributed by atoms with Gasteiger partial charge in [-0.15, -0.1) is 0 Å². The largest absolute Gasteiger partial charge is 0.330 e. The molecule has 1 aromatic carbocycles. The van der Waals surface area contributed by atoms with E-state index in [0.717, 1.165) is 36.4 Å². The predicted molar refractivity (Wildman–Crippen MR) is 125 cm³/mol. The standard InChI is InChI=1S/C25H30N6O/c1-25(2,3)15-31-22-8-7-21(28-23(22)29(4)24(31)32)20-9-16(5-6-17(20)11-26)13-30-14-18-10-19(30)12-27-18/h5-9,18-19,27H,10,12-15H2,1-4H3/t18-,19?/m1/s1. The van der Waals surface area contributed by atoms with Crippen LogP contribution in [0.2, 0.25) is 0 Å². The van der Waals surface area contributed by atoms with E-state index in [-0.39, 0.29) is 11.1 Å². The highest BCUT2D eigenvalue weighted by Gasteiger charge is 2.37. The highest BCUT2D eigenvalue weighted by atomic mass is 16.1. The second-order valence-electron chi connectivity index (χ2n) is 10.4. The van der Waals surface area contributed by atoms with Crippen molar-refractivity contribution in [3.05, 3.63) is 51.9 Å². The number of hydrogen-bond acceptors (Lipinski definition) is 5. The first kappa shape index (κ1) is 20.9. The molecule has 0 amide bonds. The fraction of sp³-hybridized carbons (Fsp3) is 0.480. The molecule has 2 aliphatic rings. The van der Waals surface area contributed by atoms with Gasteiger partial charge in [0.1, 0.15) is 0 Å². The Morgan fingerprint density at radius 2 is 2.06 bits per heavy atom. The van der Waals surface area contributed by atoms with Gasteiger partial charge >= 0.3 is 5.69 Å². The molecule has 1 N–H and O–H groups in total. The van der Waals surface area contributed by atoms with Crippen molar-refractivity contribution in [2.75, 3.05) is 13.1 Å². The fourth-order valence-corrected chi connectivity index (χ4v) is 5.12. The normalized spacial score (nSPS) is 20.8. The zero-order valence-electron chi connectivity index (χ0n) is 19.2. The molecule has 0 saturated carbocycles. The van der Waals surface area contributed by atoms with E-state index in [1.54, 1.807) is 16.2 Å². The van der Waals surface area contributed by atoms with Crippen molar-refractivity contribution in [1.29, 1.82) is 5.26 Å². The van der Waals surface area contributed by atoms with Gasteiger partial charge in [0, 0.05) is 50.9 Å². The molecule has 7 nitrogen and oxygen atoms in total. The molecule has 2 aliphatic heterocycles. The van der Waals surface area contributed by atoms with Crippen LogP contribution in [-0.4, -0.2) is 44.2 Å². The number of nitrogens with zero attached hydrogens (tertiary/aromatic N) is 5. The van der Waals surface area contributed by atoms with E-state index in [4.69, 9.17) is 4.98 Å². The number of aromatic nitrogens is 3. The number of nitriles is 1. The second-order valence-corrected chi connectivity index (χ2v) is 10.4. The Hall–Kier alpha value is -2.95. The van der Waals surface area contributed by atoms with Gasteiger partial charge in [0.25, 0.3) is 0 Å². The summed E-state index contributed by atoms with van der Waals surface area (Å²) in [7, 11) is 1.76. The average molecular weight is 431 g/mol. The lowest BCUT2D eigenvalue weighted by Crippen LogP contribution is -2.42. The van der Waals surface area contributed by atoms with Crippen LogP contribution in [0, 0.1) is 16.7 Å². The number of likely N-dealkylation sites (tertiary alicyclic amines) is 1. The van der Waals surface area contributed by atoms with Crippen LogP contribution in [0.5, 0.6) is 0 Å². The number of imidazole rings is 1. The monoisotopic (exact) mass is 430 g/mol. The number of benzene rings is 1. The minimum Gasteiger partial charge on any atom is -0.311 e. The summed E-state index contributed by atoms with van der Waals surface area (Å²) < 4.78 is 3.40. The topological polar surface area (TPSA) is 78.9 Å². The quantitative estimate of drug-likeness (QED) is 0.689. The van der Waals surface area contributed by atoms with Crippen LogP contribution < -0.4 is 11.0 Å². The van der Waals surface area contributed by atoms with Gasteiger partial charge in [0.05, 0.1) is 22.8 Å². The van der Waals surface area contributed by atoms with Gasteiger partial charge in [-0.25, -0.2) is 9.78 Å². The van der Waals surface area contributed by atoms with Crippen molar-refractivity contribution in [1.82, 2.24) is 24.3 Å². The van der Waals surface area contributed by atoms with E-state index in [0.29, 0.717) is 29.8 Å². The summed E-state index contributed by atoms with van der Waals surface area (Å²) in [6.07, 6.45) is 1.22. The Labute approximate surface area is 188 Å². The lowest BCUT2D eigenvalue weighted by atomic mass is 9.97. The molecule has 0 spiro atoms. The lowest BCUT2D eigenvalue weighted by Gasteiger charge is -2.27. The SMILES string of the molecule is Cn1c(=O)n(CC(C)(C)C)c2ccc(-c3cc(CN4C[C@H]5CC4CN5)ccc3C#N)nc21. The Kier molecular flexibility index (Phi) is 4.95. The van der Waals surface area contributed by atoms with Crippen molar-refractivity contribution in [2.45, 2.75) is 52.4 Å². The van der Waals surface area contributed by atoms with E-state index in [2.05, 4.69) is 49.2 Å². The molecule has 32 heavy (non-hydrogen) atoms. The molecular weight excluding hydrogens is 400 g/mol. The molecule has 7 heteroatoms. The molecule has 2 atom stereocenters. The molecule has 3 aromatic rings. The number of hydrogen-bond donors (Lipinski definition) is 1. The molecule has 2 aromatic heterocycles. The van der Waals surface area contributed by atoms with Crippen molar-refractivity contribution in [3.63, 3.8) is 0 Å². The van der Waals surface area contributed by atoms with Crippen LogP contribution in [0.3, 0.4) is 0 Å². The zero-order chi connectivity index (χ0) is 22.6. The third kappa shape index (κ3) is 3.64. The number of rotatable bonds is 4. The van der Waals surface area contributed by atoms with Crippen LogP contribution in [0.15, 0.2) is 35.1 Å². The molecule has 2 bridgehead atoms. The molecule has 4 heterocycles. The van der Waals surface area contributed by atoms with Crippen LogP contribution >= 0.6 is 0 Å². The minimum absolute atomic E-state index is 0.0242. The third-order valence-corrected chi connectivity index (χ3v) is 6.65. The first-order chi connectivity index (χ1) is 15.2. The molecular formula is C25H30N6O. The van der Waals surface area contributed by atoms with E-state index >= 15 is 0 Å². The summed E-state index contributed by atoms with van der Waals surface area (Å²) in [4.78, 5) is 20.2. The molecule has 2 saturated heterocycles. The number of aryl methyl sites for hydroxylation is 1. The van der Waals surface area contributed by atoms with Gasteiger partial charge in [0.2, 0.25) is 0 Å². The second kappa shape index (κ2) is 7.58. The first-order valence-electron chi connectivity index (χ1n) is 11.3. The lowest BCUT2D eigenvalue weighted by molar-refractivity contribution is 0.218. The van der Waals surface area contributed by atoms with E-state index in [9.17, 15) is 10.1 Å². The van der Waals surface area contributed by atoms with Gasteiger partial charge in [-0.05, 0) is 41.7 Å². The van der Waals surface area contributed by atoms with Crippen molar-refractivity contribution in [3.8, 4) is 17.3 Å². The zero-order valence-corrected chi connectivity index (χ0v) is 19.2. The minimum atomic E-state index is -0.0634. The van der Waals surface area contributed by atoms with Gasteiger partial charge in [-0.3, -0.25) is 14.0 Å².